The number of likely N-dealkylation sites (tertiary alicyclic amines) is 1. The number of methoxy groups -OCH3 is 1. The van der Waals surface area contributed by atoms with Crippen LogP contribution in [0.2, 0.25) is 5.02 Å². The molecule has 186 valence electrons. The monoisotopic (exact) mass is 510 g/mol. The number of ether oxygens (including phenoxy) is 1. The third kappa shape index (κ3) is 4.89. The number of rotatable bonds is 5. The van der Waals surface area contributed by atoms with Crippen molar-refractivity contribution in [2.24, 2.45) is 0 Å². The largest absolute Gasteiger partial charge is 0.453 e. The smallest absolute Gasteiger partial charge is 0.409 e. The van der Waals surface area contributed by atoms with Crippen LogP contribution in [0.15, 0.2) is 42.2 Å². The molecule has 0 spiro atoms. The summed E-state index contributed by atoms with van der Waals surface area (Å²) >= 11 is 6.14. The van der Waals surface area contributed by atoms with Gasteiger partial charge in [0.15, 0.2) is 5.65 Å². The molecule has 2 aliphatic rings. The quantitative estimate of drug-likeness (QED) is 0.303. The van der Waals surface area contributed by atoms with Gasteiger partial charge in [0, 0.05) is 41.5 Å². The Morgan fingerprint density at radius 1 is 1.22 bits per heavy atom. The first-order valence-corrected chi connectivity index (χ1v) is 11.6. The molecule has 4 amide bonds. The fourth-order valence-electron chi connectivity index (χ4n) is 4.15. The van der Waals surface area contributed by atoms with Gasteiger partial charge < -0.3 is 25.6 Å². The standard InChI is InChI=1S/C23H23ClN8O4/c1-36-23(35)31-7-5-15(6-8-31)27-19-11-18(26-16-4-2-3-14(24)10-16)29-20-13(12-25-32(19)20)9-17-21(33)30-22(34)28-17/h2-4,9-12,15,27H,5-8H2,1H3,(H,26,29)(H2,28,30,33,34)/b17-9-. The van der Waals surface area contributed by atoms with Crippen molar-refractivity contribution < 1.29 is 19.1 Å². The molecule has 2 fully saturated rings. The van der Waals surface area contributed by atoms with Crippen molar-refractivity contribution in [2.45, 2.75) is 18.9 Å². The Morgan fingerprint density at radius 2 is 2.03 bits per heavy atom. The van der Waals surface area contributed by atoms with Gasteiger partial charge in [0.2, 0.25) is 0 Å². The zero-order chi connectivity index (χ0) is 25.2. The topological polar surface area (TPSA) is 142 Å². The fraction of sp³-hybridized carbons (Fsp3) is 0.261. The van der Waals surface area contributed by atoms with E-state index in [4.69, 9.17) is 21.3 Å². The molecule has 0 atom stereocenters. The van der Waals surface area contributed by atoms with Crippen molar-refractivity contribution in [1.82, 2.24) is 30.1 Å². The van der Waals surface area contributed by atoms with Gasteiger partial charge in [0.05, 0.1) is 13.3 Å². The normalized spacial score (nSPS) is 17.3. The summed E-state index contributed by atoms with van der Waals surface area (Å²) in [6.45, 7) is 1.13. The van der Waals surface area contributed by atoms with Gasteiger partial charge in [0.25, 0.3) is 5.91 Å². The van der Waals surface area contributed by atoms with Gasteiger partial charge >= 0.3 is 12.1 Å². The molecule has 4 N–H and O–H groups in total. The van der Waals surface area contributed by atoms with Crippen LogP contribution in [-0.2, 0) is 9.53 Å². The summed E-state index contributed by atoms with van der Waals surface area (Å²) in [6.07, 6.45) is 4.21. The number of benzene rings is 1. The van der Waals surface area contributed by atoms with Gasteiger partial charge in [-0.3, -0.25) is 10.1 Å². The van der Waals surface area contributed by atoms with Crippen LogP contribution in [0.4, 0.5) is 26.9 Å². The summed E-state index contributed by atoms with van der Waals surface area (Å²) < 4.78 is 6.46. The lowest BCUT2D eigenvalue weighted by Gasteiger charge is -2.31. The molecule has 4 heterocycles. The van der Waals surface area contributed by atoms with E-state index < -0.39 is 11.9 Å². The van der Waals surface area contributed by atoms with Crippen LogP contribution in [-0.4, -0.2) is 63.8 Å². The van der Waals surface area contributed by atoms with Gasteiger partial charge in [-0.1, -0.05) is 17.7 Å². The Bertz CT molecular complexity index is 1380. The first-order chi connectivity index (χ1) is 17.4. The summed E-state index contributed by atoms with van der Waals surface area (Å²) in [7, 11) is 1.38. The SMILES string of the molecule is COC(=O)N1CCC(Nc2cc(Nc3cccc(Cl)c3)nc3c(/C=C4\NC(=O)NC4=O)cnn23)CC1. The van der Waals surface area contributed by atoms with Crippen LogP contribution in [0.5, 0.6) is 0 Å². The average Bonchev–Trinajstić information content (AvgIpc) is 3.41. The van der Waals surface area contributed by atoms with Gasteiger partial charge in [-0.05, 0) is 37.1 Å². The fourth-order valence-corrected chi connectivity index (χ4v) is 4.34. The van der Waals surface area contributed by atoms with E-state index in [2.05, 4.69) is 26.4 Å². The minimum Gasteiger partial charge on any atom is -0.453 e. The molecule has 0 aliphatic carbocycles. The maximum absolute atomic E-state index is 12.0. The molecule has 0 unspecified atom stereocenters. The lowest BCUT2D eigenvalue weighted by Crippen LogP contribution is -2.42. The molecule has 36 heavy (non-hydrogen) atoms. The minimum atomic E-state index is -0.584. The Labute approximate surface area is 210 Å². The highest BCUT2D eigenvalue weighted by Crippen LogP contribution is 2.26. The molecule has 3 aromatic rings. The maximum atomic E-state index is 12.0. The highest BCUT2D eigenvalue weighted by molar-refractivity contribution is 6.30. The van der Waals surface area contributed by atoms with Crippen molar-refractivity contribution >= 4 is 58.7 Å². The van der Waals surface area contributed by atoms with E-state index in [1.54, 1.807) is 27.7 Å². The molecule has 12 nitrogen and oxygen atoms in total. The van der Waals surface area contributed by atoms with E-state index >= 15 is 0 Å². The van der Waals surface area contributed by atoms with Crippen molar-refractivity contribution in [3.05, 3.63) is 52.8 Å². The molecular formula is C23H23ClN8O4. The molecule has 0 radical (unpaired) electrons. The number of imide groups is 1. The zero-order valence-corrected chi connectivity index (χ0v) is 20.0. The molecule has 2 saturated heterocycles. The number of nitrogens with zero attached hydrogens (tertiary/aromatic N) is 4. The summed E-state index contributed by atoms with van der Waals surface area (Å²) in [4.78, 5) is 41.7. The third-order valence-corrected chi connectivity index (χ3v) is 6.13. The summed E-state index contributed by atoms with van der Waals surface area (Å²) in [5.74, 6) is 0.674. The van der Waals surface area contributed by atoms with E-state index in [1.165, 1.54) is 13.2 Å². The predicted octanol–water partition coefficient (Wildman–Crippen LogP) is 2.95. The predicted molar refractivity (Wildman–Crippen MR) is 133 cm³/mol. The Balaban J connectivity index is 1.48. The van der Waals surface area contributed by atoms with Crippen LogP contribution >= 0.6 is 11.6 Å². The summed E-state index contributed by atoms with van der Waals surface area (Å²) in [6, 6.07) is 8.58. The number of fused-ring (bicyclic) bond motifs is 1. The molecular weight excluding hydrogens is 488 g/mol. The number of carbonyl (C=O) groups is 3. The number of aromatic nitrogens is 3. The van der Waals surface area contributed by atoms with E-state index in [-0.39, 0.29) is 17.8 Å². The number of hydrogen-bond donors (Lipinski definition) is 4. The van der Waals surface area contributed by atoms with Crippen molar-refractivity contribution in [3.8, 4) is 0 Å². The van der Waals surface area contributed by atoms with E-state index in [1.807, 2.05) is 18.2 Å². The number of piperidine rings is 1. The molecule has 2 aromatic heterocycles. The Kier molecular flexibility index (Phi) is 6.34. The highest BCUT2D eigenvalue weighted by atomic mass is 35.5. The Morgan fingerprint density at radius 3 is 2.72 bits per heavy atom. The van der Waals surface area contributed by atoms with Crippen LogP contribution < -0.4 is 21.3 Å². The number of carbonyl (C=O) groups excluding carboxylic acids is 3. The number of nitrogens with one attached hydrogen (secondary N) is 4. The second-order valence-corrected chi connectivity index (χ2v) is 8.78. The number of amides is 4. The van der Waals surface area contributed by atoms with Crippen molar-refractivity contribution in [3.63, 3.8) is 0 Å². The molecule has 0 saturated carbocycles. The average molecular weight is 511 g/mol. The van der Waals surface area contributed by atoms with Crippen LogP contribution in [0, 0.1) is 0 Å². The number of hydrogen-bond acceptors (Lipinski definition) is 8. The van der Waals surface area contributed by atoms with Crippen LogP contribution in [0.1, 0.15) is 18.4 Å². The first-order valence-electron chi connectivity index (χ1n) is 11.2. The van der Waals surface area contributed by atoms with Gasteiger partial charge in [0.1, 0.15) is 17.3 Å². The van der Waals surface area contributed by atoms with E-state index in [0.29, 0.717) is 41.0 Å². The van der Waals surface area contributed by atoms with Gasteiger partial charge in [-0.15, -0.1) is 0 Å². The van der Waals surface area contributed by atoms with E-state index in [0.717, 1.165) is 18.5 Å². The van der Waals surface area contributed by atoms with Crippen molar-refractivity contribution in [1.29, 1.82) is 0 Å². The summed E-state index contributed by atoms with van der Waals surface area (Å²) in [5, 5.41) is 16.5. The lowest BCUT2D eigenvalue weighted by molar-refractivity contribution is -0.115. The number of anilines is 3. The summed E-state index contributed by atoms with van der Waals surface area (Å²) in [5.41, 5.74) is 1.87. The second kappa shape index (κ2) is 9.74. The van der Waals surface area contributed by atoms with E-state index in [9.17, 15) is 14.4 Å². The number of halogens is 1. The van der Waals surface area contributed by atoms with Crippen LogP contribution in [0.3, 0.4) is 0 Å². The Hall–Kier alpha value is -4.32. The molecule has 13 heteroatoms. The molecule has 0 bridgehead atoms. The molecule has 2 aliphatic heterocycles. The van der Waals surface area contributed by atoms with Crippen molar-refractivity contribution in [2.75, 3.05) is 30.8 Å². The lowest BCUT2D eigenvalue weighted by atomic mass is 10.1. The van der Waals surface area contributed by atoms with Gasteiger partial charge in [-0.2, -0.15) is 9.61 Å². The minimum absolute atomic E-state index is 0.0847. The second-order valence-electron chi connectivity index (χ2n) is 8.34. The van der Waals surface area contributed by atoms with Gasteiger partial charge in [-0.25, -0.2) is 14.6 Å². The van der Waals surface area contributed by atoms with Crippen LogP contribution in [0.25, 0.3) is 11.7 Å². The number of urea groups is 1. The molecule has 1 aromatic carbocycles. The molecule has 5 rings (SSSR count). The highest BCUT2D eigenvalue weighted by Gasteiger charge is 2.26. The third-order valence-electron chi connectivity index (χ3n) is 5.90. The maximum Gasteiger partial charge on any atom is 0.409 e. The zero-order valence-electron chi connectivity index (χ0n) is 19.2. The first kappa shape index (κ1) is 23.4.